The van der Waals surface area contributed by atoms with Gasteiger partial charge in [-0.15, -0.1) is 0 Å². The lowest BCUT2D eigenvalue weighted by Crippen LogP contribution is -2.38. The number of amides is 1. The van der Waals surface area contributed by atoms with Crippen molar-refractivity contribution in [3.8, 4) is 0 Å². The fourth-order valence-electron chi connectivity index (χ4n) is 3.97. The number of nitrogens with zero attached hydrogens (tertiary/aromatic N) is 2. The first-order valence-corrected chi connectivity index (χ1v) is 10.8. The van der Waals surface area contributed by atoms with Crippen LogP contribution in [0.1, 0.15) is 43.5 Å². The molecule has 1 aliphatic rings. The molecule has 1 fully saturated rings. The van der Waals surface area contributed by atoms with Gasteiger partial charge in [-0.05, 0) is 31.1 Å². The van der Waals surface area contributed by atoms with Gasteiger partial charge in [0.25, 0.3) is 11.7 Å². The Morgan fingerprint density at radius 2 is 1.68 bits per heavy atom. The van der Waals surface area contributed by atoms with Crippen molar-refractivity contribution in [1.82, 2.24) is 9.80 Å². The molecule has 0 saturated carbocycles. The van der Waals surface area contributed by atoms with Crippen LogP contribution in [0, 0.1) is 5.82 Å². The zero-order valence-electron chi connectivity index (χ0n) is 18.3. The van der Waals surface area contributed by atoms with Crippen molar-refractivity contribution in [3.63, 3.8) is 0 Å². The minimum absolute atomic E-state index is 0.0705. The summed E-state index contributed by atoms with van der Waals surface area (Å²) in [7, 11) is 0. The Morgan fingerprint density at radius 1 is 1.03 bits per heavy atom. The zero-order chi connectivity index (χ0) is 22.5. The number of likely N-dealkylation sites (tertiary alicyclic amines) is 1. The number of rotatable bonds is 8. The normalized spacial score (nSPS) is 18.2. The van der Waals surface area contributed by atoms with Crippen LogP contribution in [0.4, 0.5) is 4.39 Å². The molecule has 5 nitrogen and oxygen atoms in total. The maximum atomic E-state index is 14.8. The van der Waals surface area contributed by atoms with Gasteiger partial charge in [0, 0.05) is 24.2 Å². The maximum Gasteiger partial charge on any atom is 0.295 e. The number of hydrogen-bond acceptors (Lipinski definition) is 4. The van der Waals surface area contributed by atoms with Crippen molar-refractivity contribution in [1.29, 1.82) is 0 Å². The number of aryl methyl sites for hydroxylation is 1. The fourth-order valence-corrected chi connectivity index (χ4v) is 3.97. The van der Waals surface area contributed by atoms with Crippen LogP contribution in [0.5, 0.6) is 0 Å². The smallest absolute Gasteiger partial charge is 0.295 e. The highest BCUT2D eigenvalue weighted by molar-refractivity contribution is 6.46. The van der Waals surface area contributed by atoms with E-state index in [0.29, 0.717) is 12.1 Å². The average Bonchev–Trinajstić information content (AvgIpc) is 3.04. The highest BCUT2D eigenvalue weighted by atomic mass is 19.1. The molecule has 0 bridgehead atoms. The Labute approximate surface area is 182 Å². The Morgan fingerprint density at radius 3 is 2.26 bits per heavy atom. The first-order valence-electron chi connectivity index (χ1n) is 10.8. The van der Waals surface area contributed by atoms with E-state index in [1.807, 2.05) is 32.9 Å². The van der Waals surface area contributed by atoms with Gasteiger partial charge >= 0.3 is 0 Å². The number of Topliss-reactive ketones (excluding diaryl/α,β-unsaturated/α-hetero) is 1. The van der Waals surface area contributed by atoms with Crippen LogP contribution >= 0.6 is 0 Å². The lowest BCUT2D eigenvalue weighted by molar-refractivity contribution is -0.140. The van der Waals surface area contributed by atoms with Gasteiger partial charge in [0.1, 0.15) is 11.6 Å². The van der Waals surface area contributed by atoms with Gasteiger partial charge in [0.2, 0.25) is 0 Å². The summed E-state index contributed by atoms with van der Waals surface area (Å²) < 4.78 is 14.8. The monoisotopic (exact) mass is 424 g/mol. The summed E-state index contributed by atoms with van der Waals surface area (Å²) in [6.45, 7) is 8.47. The molecule has 2 aromatic rings. The predicted octanol–water partition coefficient (Wildman–Crippen LogP) is 4.15. The third kappa shape index (κ3) is 4.54. The number of aliphatic hydroxyl groups is 1. The van der Waals surface area contributed by atoms with E-state index in [1.165, 1.54) is 11.0 Å². The number of halogens is 1. The van der Waals surface area contributed by atoms with Gasteiger partial charge in [-0.25, -0.2) is 4.39 Å². The van der Waals surface area contributed by atoms with E-state index >= 15 is 0 Å². The number of carbonyl (C=O) groups is 2. The van der Waals surface area contributed by atoms with Gasteiger partial charge in [-0.1, -0.05) is 63.2 Å². The van der Waals surface area contributed by atoms with E-state index < -0.39 is 23.5 Å². The summed E-state index contributed by atoms with van der Waals surface area (Å²) in [5.41, 5.74) is 1.65. The van der Waals surface area contributed by atoms with E-state index in [-0.39, 0.29) is 23.4 Å². The molecule has 0 spiro atoms. The molecule has 6 heteroatoms. The van der Waals surface area contributed by atoms with Gasteiger partial charge in [0.05, 0.1) is 11.6 Å². The SMILES string of the molecule is CCc1ccc(/C(O)=C2/C(=O)C(=O)N(CCN(CC)CC)C2c2ccccc2F)cc1. The summed E-state index contributed by atoms with van der Waals surface area (Å²) >= 11 is 0. The fraction of sp³-hybridized carbons (Fsp3) is 0.360. The van der Waals surface area contributed by atoms with Crippen molar-refractivity contribution in [3.05, 3.63) is 76.6 Å². The quantitative estimate of drug-likeness (QED) is 0.393. The molecule has 31 heavy (non-hydrogen) atoms. The Kier molecular flexibility index (Phi) is 7.23. The van der Waals surface area contributed by atoms with Crippen LogP contribution in [-0.4, -0.2) is 52.8 Å². The molecule has 1 amide bonds. The number of hydrogen-bond donors (Lipinski definition) is 1. The van der Waals surface area contributed by atoms with E-state index in [2.05, 4.69) is 4.90 Å². The molecule has 164 valence electrons. The first-order chi connectivity index (χ1) is 14.9. The molecule has 1 heterocycles. The number of benzene rings is 2. The molecule has 1 atom stereocenters. The van der Waals surface area contributed by atoms with Crippen LogP contribution in [-0.2, 0) is 16.0 Å². The van der Waals surface area contributed by atoms with Crippen LogP contribution in [0.3, 0.4) is 0 Å². The lowest BCUT2D eigenvalue weighted by Gasteiger charge is -2.28. The van der Waals surface area contributed by atoms with Crippen molar-refractivity contribution in [2.24, 2.45) is 0 Å². The van der Waals surface area contributed by atoms with Gasteiger partial charge in [-0.2, -0.15) is 0 Å². The zero-order valence-corrected chi connectivity index (χ0v) is 18.3. The molecule has 0 aliphatic carbocycles. The highest BCUT2D eigenvalue weighted by Crippen LogP contribution is 2.40. The van der Waals surface area contributed by atoms with Crippen LogP contribution in [0.25, 0.3) is 5.76 Å². The van der Waals surface area contributed by atoms with Crippen LogP contribution < -0.4 is 0 Å². The average molecular weight is 425 g/mol. The maximum absolute atomic E-state index is 14.8. The second-order valence-corrected chi connectivity index (χ2v) is 7.59. The van der Waals surface area contributed by atoms with E-state index in [0.717, 1.165) is 25.1 Å². The molecule has 0 aromatic heterocycles. The summed E-state index contributed by atoms with van der Waals surface area (Å²) in [6, 6.07) is 12.3. The Bertz CT molecular complexity index is 981. The molecule has 1 saturated heterocycles. The number of likely N-dealkylation sites (N-methyl/N-ethyl adjacent to an activating group) is 1. The van der Waals surface area contributed by atoms with Crippen molar-refractivity contribution >= 4 is 17.4 Å². The molecule has 2 aromatic carbocycles. The van der Waals surface area contributed by atoms with Crippen molar-refractivity contribution in [2.45, 2.75) is 33.2 Å². The lowest BCUT2D eigenvalue weighted by atomic mass is 9.94. The number of ketones is 1. The van der Waals surface area contributed by atoms with Gasteiger partial charge in [-0.3, -0.25) is 9.59 Å². The summed E-state index contributed by atoms with van der Waals surface area (Å²) in [4.78, 5) is 29.4. The predicted molar refractivity (Wildman–Crippen MR) is 119 cm³/mol. The van der Waals surface area contributed by atoms with Gasteiger partial charge < -0.3 is 14.9 Å². The number of aliphatic hydroxyl groups excluding tert-OH is 1. The molecule has 1 unspecified atom stereocenters. The molecule has 0 radical (unpaired) electrons. The molecular weight excluding hydrogens is 395 g/mol. The highest BCUT2D eigenvalue weighted by Gasteiger charge is 2.46. The third-order valence-corrected chi connectivity index (χ3v) is 5.93. The first kappa shape index (κ1) is 22.7. The van der Waals surface area contributed by atoms with Crippen molar-refractivity contribution < 1.29 is 19.1 Å². The molecule has 1 aliphatic heterocycles. The van der Waals surface area contributed by atoms with Gasteiger partial charge in [0.15, 0.2) is 0 Å². The largest absolute Gasteiger partial charge is 0.507 e. The van der Waals surface area contributed by atoms with E-state index in [4.69, 9.17) is 0 Å². The molecular formula is C25H29FN2O3. The minimum atomic E-state index is -0.970. The molecule has 1 N–H and O–H groups in total. The third-order valence-electron chi connectivity index (χ3n) is 5.93. The van der Waals surface area contributed by atoms with E-state index in [1.54, 1.807) is 30.3 Å². The summed E-state index contributed by atoms with van der Waals surface area (Å²) in [5, 5.41) is 11.0. The van der Waals surface area contributed by atoms with Crippen LogP contribution in [0.15, 0.2) is 54.1 Å². The standard InChI is InChI=1S/C25H29FN2O3/c1-4-17-11-13-18(14-12-17)23(29)21-22(19-9-7-8-10-20(19)26)28(25(31)24(21)30)16-15-27(5-2)6-3/h7-14,22,29H,4-6,15-16H2,1-3H3/b23-21-. The van der Waals surface area contributed by atoms with E-state index in [9.17, 15) is 19.1 Å². The molecule has 3 rings (SSSR count). The second-order valence-electron chi connectivity index (χ2n) is 7.59. The minimum Gasteiger partial charge on any atom is -0.507 e. The van der Waals surface area contributed by atoms with Crippen LogP contribution in [0.2, 0.25) is 0 Å². The summed E-state index contributed by atoms with van der Waals surface area (Å²) in [6.07, 6.45) is 0.839. The Hall–Kier alpha value is -2.99. The topological polar surface area (TPSA) is 60.9 Å². The second kappa shape index (κ2) is 9.88. The Balaban J connectivity index is 2.10. The van der Waals surface area contributed by atoms with Crippen molar-refractivity contribution in [2.75, 3.05) is 26.2 Å². The summed E-state index contributed by atoms with van der Waals surface area (Å²) in [5.74, 6) is -2.30. The number of carbonyl (C=O) groups excluding carboxylic acids is 2.